The monoisotopic (exact) mass is 305 g/mol. The molecule has 2 aromatic carbocycles. The average molecular weight is 305 g/mol. The topological polar surface area (TPSA) is 50.2 Å². The van der Waals surface area contributed by atoms with Crippen molar-refractivity contribution in [2.45, 2.75) is 6.92 Å². The van der Waals surface area contributed by atoms with Crippen molar-refractivity contribution in [3.8, 4) is 10.6 Å². The number of benzene rings is 2. The van der Waals surface area contributed by atoms with Crippen LogP contribution in [0.15, 0.2) is 30.3 Å². The highest BCUT2D eigenvalue weighted by molar-refractivity contribution is 7.21. The van der Waals surface area contributed by atoms with E-state index in [1.54, 1.807) is 0 Å². The Labute approximate surface area is 122 Å². The standard InChI is InChI=1S/C15H9F2NO2S/c1-7-2-3-12-13(4-7)21-14(18-12)8-5-10(16)11(17)6-9(8)15(19)20/h2-6H,1H3,(H,19,20). The molecule has 0 aliphatic rings. The first-order valence-corrected chi connectivity index (χ1v) is 6.87. The van der Waals surface area contributed by atoms with Crippen LogP contribution in [0.3, 0.4) is 0 Å². The summed E-state index contributed by atoms with van der Waals surface area (Å²) in [5.74, 6) is -3.60. The van der Waals surface area contributed by atoms with E-state index in [4.69, 9.17) is 5.11 Å². The van der Waals surface area contributed by atoms with E-state index < -0.39 is 17.6 Å². The summed E-state index contributed by atoms with van der Waals surface area (Å²) in [6, 6.07) is 7.17. The second-order valence-electron chi connectivity index (χ2n) is 4.61. The van der Waals surface area contributed by atoms with Crippen LogP contribution < -0.4 is 0 Å². The molecule has 0 radical (unpaired) electrons. The molecule has 0 fully saturated rings. The first-order chi connectivity index (χ1) is 9.95. The fourth-order valence-corrected chi connectivity index (χ4v) is 3.14. The SMILES string of the molecule is Cc1ccc2nc(-c3cc(F)c(F)cc3C(=O)O)sc2c1. The molecule has 106 valence electrons. The molecule has 21 heavy (non-hydrogen) atoms. The van der Waals surface area contributed by atoms with Crippen molar-refractivity contribution in [3.63, 3.8) is 0 Å². The van der Waals surface area contributed by atoms with Gasteiger partial charge in [-0.3, -0.25) is 0 Å². The Morgan fingerprint density at radius 1 is 1.19 bits per heavy atom. The Balaban J connectivity index is 2.26. The maximum absolute atomic E-state index is 13.4. The molecular weight excluding hydrogens is 296 g/mol. The van der Waals surface area contributed by atoms with E-state index >= 15 is 0 Å². The summed E-state index contributed by atoms with van der Waals surface area (Å²) >= 11 is 1.25. The number of nitrogens with zero attached hydrogens (tertiary/aromatic N) is 1. The summed E-state index contributed by atoms with van der Waals surface area (Å²) in [5, 5.41) is 9.50. The number of aryl methyl sites for hydroxylation is 1. The molecule has 0 aliphatic heterocycles. The zero-order valence-corrected chi connectivity index (χ0v) is 11.7. The van der Waals surface area contributed by atoms with Crippen LogP contribution in [-0.2, 0) is 0 Å². The number of aromatic carboxylic acids is 1. The van der Waals surface area contributed by atoms with Crippen molar-refractivity contribution < 1.29 is 18.7 Å². The molecule has 0 saturated carbocycles. The number of halogens is 2. The lowest BCUT2D eigenvalue weighted by Crippen LogP contribution is -2.02. The van der Waals surface area contributed by atoms with Crippen molar-refractivity contribution in [1.82, 2.24) is 4.98 Å². The minimum absolute atomic E-state index is 0.0836. The number of hydrogen-bond donors (Lipinski definition) is 1. The van der Waals surface area contributed by atoms with Gasteiger partial charge in [-0.1, -0.05) is 6.07 Å². The van der Waals surface area contributed by atoms with Crippen molar-refractivity contribution >= 4 is 27.5 Å². The molecule has 0 bridgehead atoms. The molecule has 0 unspecified atom stereocenters. The number of thiazole rings is 1. The van der Waals surface area contributed by atoms with E-state index in [2.05, 4.69) is 4.98 Å². The van der Waals surface area contributed by atoms with Gasteiger partial charge in [-0.2, -0.15) is 0 Å². The second-order valence-corrected chi connectivity index (χ2v) is 5.64. The fraction of sp³-hybridized carbons (Fsp3) is 0.0667. The van der Waals surface area contributed by atoms with Gasteiger partial charge in [0.25, 0.3) is 0 Å². The van der Waals surface area contributed by atoms with Gasteiger partial charge in [0.05, 0.1) is 15.8 Å². The van der Waals surface area contributed by atoms with Crippen LogP contribution in [0.25, 0.3) is 20.8 Å². The predicted molar refractivity (Wildman–Crippen MR) is 76.7 cm³/mol. The summed E-state index contributed by atoms with van der Waals surface area (Å²) in [5.41, 5.74) is 1.52. The maximum atomic E-state index is 13.4. The molecule has 6 heteroatoms. The average Bonchev–Trinajstić information content (AvgIpc) is 2.83. The van der Waals surface area contributed by atoms with Gasteiger partial charge >= 0.3 is 5.97 Å². The van der Waals surface area contributed by atoms with Gasteiger partial charge in [-0.15, -0.1) is 11.3 Å². The summed E-state index contributed by atoms with van der Waals surface area (Å²) in [6.45, 7) is 1.93. The fourth-order valence-electron chi connectivity index (χ4n) is 2.05. The van der Waals surface area contributed by atoms with Crippen LogP contribution in [0.4, 0.5) is 8.78 Å². The molecule has 0 aliphatic carbocycles. The number of hydrogen-bond acceptors (Lipinski definition) is 3. The lowest BCUT2D eigenvalue weighted by molar-refractivity contribution is 0.0697. The predicted octanol–water partition coefficient (Wildman–Crippen LogP) is 4.25. The van der Waals surface area contributed by atoms with Gasteiger partial charge in [-0.25, -0.2) is 18.6 Å². The number of rotatable bonds is 2. The number of carbonyl (C=O) groups is 1. The number of carboxylic acid groups (broad SMARTS) is 1. The minimum atomic E-state index is -1.32. The van der Waals surface area contributed by atoms with Gasteiger partial charge in [0.2, 0.25) is 0 Å². The molecule has 1 N–H and O–H groups in total. The van der Waals surface area contributed by atoms with Crippen molar-refractivity contribution in [3.05, 3.63) is 53.1 Å². The van der Waals surface area contributed by atoms with Gasteiger partial charge in [-0.05, 0) is 36.8 Å². The van der Waals surface area contributed by atoms with Crippen LogP contribution in [0, 0.1) is 18.6 Å². The summed E-state index contributed by atoms with van der Waals surface area (Å²) in [4.78, 5) is 15.5. The zero-order valence-electron chi connectivity index (χ0n) is 10.9. The molecule has 0 amide bonds. The third-order valence-electron chi connectivity index (χ3n) is 3.07. The Kier molecular flexibility index (Phi) is 3.17. The van der Waals surface area contributed by atoms with Crippen LogP contribution in [0.2, 0.25) is 0 Å². The Morgan fingerprint density at radius 2 is 1.90 bits per heavy atom. The van der Waals surface area contributed by atoms with E-state index in [1.807, 2.05) is 25.1 Å². The molecule has 1 aromatic heterocycles. The van der Waals surface area contributed by atoms with Crippen LogP contribution >= 0.6 is 11.3 Å². The molecule has 1 heterocycles. The quantitative estimate of drug-likeness (QED) is 0.770. The highest BCUT2D eigenvalue weighted by Crippen LogP contribution is 2.33. The van der Waals surface area contributed by atoms with Crippen molar-refractivity contribution in [2.24, 2.45) is 0 Å². The Bertz CT molecular complexity index is 873. The van der Waals surface area contributed by atoms with E-state index in [0.29, 0.717) is 16.6 Å². The lowest BCUT2D eigenvalue weighted by atomic mass is 10.1. The molecular formula is C15H9F2NO2S. The highest BCUT2D eigenvalue weighted by Gasteiger charge is 2.19. The van der Waals surface area contributed by atoms with Gasteiger partial charge < -0.3 is 5.11 Å². The zero-order chi connectivity index (χ0) is 15.1. The molecule has 0 spiro atoms. The van der Waals surface area contributed by atoms with E-state index in [1.165, 1.54) is 11.3 Å². The van der Waals surface area contributed by atoms with Gasteiger partial charge in [0.1, 0.15) is 5.01 Å². The van der Waals surface area contributed by atoms with Crippen LogP contribution in [0.1, 0.15) is 15.9 Å². The molecule has 0 saturated heterocycles. The van der Waals surface area contributed by atoms with Gasteiger partial charge in [0.15, 0.2) is 11.6 Å². The molecule has 3 aromatic rings. The smallest absolute Gasteiger partial charge is 0.336 e. The molecule has 3 nitrogen and oxygen atoms in total. The number of fused-ring (bicyclic) bond motifs is 1. The second kappa shape index (κ2) is 4.89. The third-order valence-corrected chi connectivity index (χ3v) is 4.12. The van der Waals surface area contributed by atoms with Crippen LogP contribution in [-0.4, -0.2) is 16.1 Å². The van der Waals surface area contributed by atoms with Crippen LogP contribution in [0.5, 0.6) is 0 Å². The van der Waals surface area contributed by atoms with E-state index in [9.17, 15) is 13.6 Å². The largest absolute Gasteiger partial charge is 0.478 e. The lowest BCUT2D eigenvalue weighted by Gasteiger charge is -2.03. The first-order valence-electron chi connectivity index (χ1n) is 6.05. The molecule has 3 rings (SSSR count). The Morgan fingerprint density at radius 3 is 2.62 bits per heavy atom. The first kappa shape index (κ1) is 13.6. The summed E-state index contributed by atoms with van der Waals surface area (Å²) in [7, 11) is 0. The van der Waals surface area contributed by atoms with Crippen molar-refractivity contribution in [1.29, 1.82) is 0 Å². The maximum Gasteiger partial charge on any atom is 0.336 e. The highest BCUT2D eigenvalue weighted by atomic mass is 32.1. The third kappa shape index (κ3) is 2.38. The summed E-state index contributed by atoms with van der Waals surface area (Å²) < 4.78 is 27.5. The Hall–Kier alpha value is -2.34. The van der Waals surface area contributed by atoms with Gasteiger partial charge in [0, 0.05) is 5.56 Å². The van der Waals surface area contributed by atoms with Crippen molar-refractivity contribution in [2.75, 3.05) is 0 Å². The summed E-state index contributed by atoms with van der Waals surface area (Å²) in [6.07, 6.45) is 0. The number of aromatic nitrogens is 1. The molecule has 0 atom stereocenters. The van der Waals surface area contributed by atoms with E-state index in [0.717, 1.165) is 16.3 Å². The minimum Gasteiger partial charge on any atom is -0.478 e. The number of carboxylic acids is 1. The van der Waals surface area contributed by atoms with E-state index in [-0.39, 0.29) is 11.1 Å². The normalized spacial score (nSPS) is 11.0.